The van der Waals surface area contributed by atoms with Gasteiger partial charge < -0.3 is 9.47 Å². The molecule has 1 saturated heterocycles. The lowest BCUT2D eigenvalue weighted by Gasteiger charge is -2.37. The third-order valence-electron chi connectivity index (χ3n) is 6.11. The maximum Gasteiger partial charge on any atom is 0.416 e. The van der Waals surface area contributed by atoms with Crippen molar-refractivity contribution >= 4 is 21.4 Å². The van der Waals surface area contributed by atoms with Crippen molar-refractivity contribution in [1.29, 1.82) is 0 Å². The number of ether oxygens (including phenoxy) is 2. The van der Waals surface area contributed by atoms with Gasteiger partial charge in [0.05, 0.1) is 15.5 Å². The predicted molar refractivity (Wildman–Crippen MR) is 123 cm³/mol. The molecule has 0 unspecified atom stereocenters. The second kappa shape index (κ2) is 9.79. The largest absolute Gasteiger partial charge is 0.489 e. The van der Waals surface area contributed by atoms with Crippen molar-refractivity contribution < 1.29 is 35.5 Å². The molecule has 0 amide bonds. The van der Waals surface area contributed by atoms with Gasteiger partial charge in [0.15, 0.2) is 9.84 Å². The van der Waals surface area contributed by atoms with Crippen LogP contribution in [-0.4, -0.2) is 21.6 Å². The van der Waals surface area contributed by atoms with Gasteiger partial charge in [0.25, 0.3) is 0 Å². The number of sulfone groups is 1. The van der Waals surface area contributed by atoms with E-state index >= 15 is 0 Å². The van der Waals surface area contributed by atoms with Gasteiger partial charge in [0.1, 0.15) is 22.9 Å². The number of halogens is 5. The Morgan fingerprint density at radius 1 is 0.971 bits per heavy atom. The van der Waals surface area contributed by atoms with Crippen LogP contribution in [0.5, 0.6) is 5.75 Å². The molecule has 0 spiro atoms. The number of hydrogen-bond acceptors (Lipinski definition) is 4. The summed E-state index contributed by atoms with van der Waals surface area (Å²) in [4.78, 5) is -0.399. The van der Waals surface area contributed by atoms with E-state index < -0.39 is 37.0 Å². The Bertz CT molecular complexity index is 1280. The fourth-order valence-corrected chi connectivity index (χ4v) is 6.52. The van der Waals surface area contributed by atoms with Crippen molar-refractivity contribution in [3.05, 3.63) is 94.3 Å². The van der Waals surface area contributed by atoms with Crippen LogP contribution in [0.1, 0.15) is 29.5 Å². The molecule has 1 aliphatic rings. The van der Waals surface area contributed by atoms with E-state index in [9.17, 15) is 26.0 Å². The molecule has 10 heteroatoms. The quantitative estimate of drug-likeness (QED) is 0.340. The van der Waals surface area contributed by atoms with E-state index in [-0.39, 0.29) is 43.2 Å². The highest BCUT2D eigenvalue weighted by Crippen LogP contribution is 2.45. The van der Waals surface area contributed by atoms with Crippen molar-refractivity contribution in [2.75, 3.05) is 13.2 Å². The molecule has 3 aromatic rings. The lowest BCUT2D eigenvalue weighted by molar-refractivity contribution is -0.137. The Balaban J connectivity index is 1.66. The zero-order valence-corrected chi connectivity index (χ0v) is 19.9. The van der Waals surface area contributed by atoms with Gasteiger partial charge in [-0.05, 0) is 60.9 Å². The number of benzene rings is 3. The van der Waals surface area contributed by atoms with E-state index in [1.807, 2.05) is 0 Å². The third-order valence-corrected chi connectivity index (χ3v) is 9.01. The van der Waals surface area contributed by atoms with E-state index in [4.69, 9.17) is 21.1 Å². The average molecular weight is 529 g/mol. The molecule has 0 N–H and O–H groups in total. The number of rotatable bonds is 6. The molecule has 0 aliphatic carbocycles. The topological polar surface area (TPSA) is 52.6 Å². The van der Waals surface area contributed by atoms with E-state index in [0.29, 0.717) is 17.4 Å². The second-order valence-corrected chi connectivity index (χ2v) is 10.8. The molecule has 1 heterocycles. The summed E-state index contributed by atoms with van der Waals surface area (Å²) in [6.45, 7) is 0.150. The lowest BCUT2D eigenvalue weighted by Crippen LogP contribution is -2.41. The first-order chi connectivity index (χ1) is 16.5. The Hall–Kier alpha value is -2.62. The minimum Gasteiger partial charge on any atom is -0.489 e. The van der Waals surface area contributed by atoms with Crippen molar-refractivity contribution in [3.8, 4) is 5.75 Å². The van der Waals surface area contributed by atoms with Crippen LogP contribution in [0.4, 0.5) is 17.6 Å². The molecule has 1 aliphatic heterocycles. The zero-order chi connectivity index (χ0) is 25.3. The van der Waals surface area contributed by atoms with Crippen LogP contribution in [-0.2, 0) is 32.1 Å². The van der Waals surface area contributed by atoms with Crippen molar-refractivity contribution in [2.24, 2.45) is 0 Å². The van der Waals surface area contributed by atoms with Crippen LogP contribution < -0.4 is 4.74 Å². The molecule has 4 nitrogen and oxygen atoms in total. The molecule has 186 valence electrons. The molecule has 0 bridgehead atoms. The first-order valence-electron chi connectivity index (χ1n) is 10.7. The van der Waals surface area contributed by atoms with Gasteiger partial charge in [-0.25, -0.2) is 12.8 Å². The molecule has 4 rings (SSSR count). The molecule has 0 atom stereocenters. The van der Waals surface area contributed by atoms with Gasteiger partial charge in [0, 0.05) is 18.8 Å². The summed E-state index contributed by atoms with van der Waals surface area (Å²) in [6.07, 6.45) is -4.51. The summed E-state index contributed by atoms with van der Waals surface area (Å²) in [6, 6.07) is 14.3. The van der Waals surface area contributed by atoms with Crippen LogP contribution in [0.3, 0.4) is 0 Å². The Labute approximate surface area is 205 Å². The van der Waals surface area contributed by atoms with Gasteiger partial charge in [-0.3, -0.25) is 0 Å². The summed E-state index contributed by atoms with van der Waals surface area (Å²) in [7, 11) is -4.23. The van der Waals surface area contributed by atoms with Gasteiger partial charge in [-0.2, -0.15) is 13.2 Å². The predicted octanol–water partition coefficient (Wildman–Crippen LogP) is 6.56. The zero-order valence-electron chi connectivity index (χ0n) is 18.3. The smallest absolute Gasteiger partial charge is 0.416 e. The highest BCUT2D eigenvalue weighted by atomic mass is 35.5. The molecule has 0 radical (unpaired) electrons. The summed E-state index contributed by atoms with van der Waals surface area (Å²) in [5, 5.41) is 0.218. The van der Waals surface area contributed by atoms with Gasteiger partial charge >= 0.3 is 6.18 Å². The monoisotopic (exact) mass is 528 g/mol. The first-order valence-corrected chi connectivity index (χ1v) is 12.6. The highest BCUT2D eigenvalue weighted by Gasteiger charge is 2.48. The fraction of sp³-hybridized carbons (Fsp3) is 0.280. The molecule has 3 aromatic carbocycles. The average Bonchev–Trinajstić information content (AvgIpc) is 2.84. The summed E-state index contributed by atoms with van der Waals surface area (Å²) < 4.78 is 90.8. The van der Waals surface area contributed by atoms with Crippen LogP contribution in [0.15, 0.2) is 71.6 Å². The van der Waals surface area contributed by atoms with E-state index in [1.54, 1.807) is 30.3 Å². The van der Waals surface area contributed by atoms with Gasteiger partial charge in [-0.1, -0.05) is 35.9 Å². The molecule has 0 aromatic heterocycles. The standard InChI is InChI=1S/C25H21ClF4O4S/c26-22-5-2-6-23(27)21(22)16-34-19-9-7-17(8-10-19)24(11-13-33-14-12-24)35(31,32)20-4-1-3-18(15-20)25(28,29)30/h1-10,15H,11-14,16H2. The third kappa shape index (κ3) is 5.03. The van der Waals surface area contributed by atoms with Crippen molar-refractivity contribution in [3.63, 3.8) is 0 Å². The molecular weight excluding hydrogens is 508 g/mol. The van der Waals surface area contributed by atoms with Crippen molar-refractivity contribution in [1.82, 2.24) is 0 Å². The van der Waals surface area contributed by atoms with Crippen molar-refractivity contribution in [2.45, 2.75) is 35.3 Å². The molecular formula is C25H21ClF4O4S. The van der Waals surface area contributed by atoms with E-state index in [2.05, 4.69) is 0 Å². The first kappa shape index (κ1) is 25.5. The Kier molecular flexibility index (Phi) is 7.13. The maximum atomic E-state index is 14.0. The van der Waals surface area contributed by atoms with Crippen LogP contribution in [0.25, 0.3) is 0 Å². The second-order valence-electron chi connectivity index (χ2n) is 8.15. The normalized spacial score (nSPS) is 16.1. The highest BCUT2D eigenvalue weighted by molar-refractivity contribution is 7.92. The van der Waals surface area contributed by atoms with E-state index in [0.717, 1.165) is 12.1 Å². The number of alkyl halides is 3. The van der Waals surface area contributed by atoms with Crippen LogP contribution >= 0.6 is 11.6 Å². The summed E-state index contributed by atoms with van der Waals surface area (Å²) in [5.41, 5.74) is -0.433. The summed E-state index contributed by atoms with van der Waals surface area (Å²) in [5.74, 6) is -0.158. The molecule has 0 saturated carbocycles. The Morgan fingerprint density at radius 2 is 1.63 bits per heavy atom. The summed E-state index contributed by atoms with van der Waals surface area (Å²) >= 11 is 6.02. The van der Waals surface area contributed by atoms with Gasteiger partial charge in [-0.15, -0.1) is 0 Å². The lowest BCUT2D eigenvalue weighted by atomic mass is 9.90. The van der Waals surface area contributed by atoms with Crippen LogP contribution in [0.2, 0.25) is 5.02 Å². The molecule has 35 heavy (non-hydrogen) atoms. The molecule has 1 fully saturated rings. The maximum absolute atomic E-state index is 14.0. The Morgan fingerprint density at radius 3 is 2.26 bits per heavy atom. The number of hydrogen-bond donors (Lipinski definition) is 0. The van der Waals surface area contributed by atoms with Gasteiger partial charge in [0.2, 0.25) is 0 Å². The van der Waals surface area contributed by atoms with E-state index in [1.165, 1.54) is 18.2 Å². The SMILES string of the molecule is O=S(=O)(c1cccc(C(F)(F)F)c1)C1(c2ccc(OCc3c(F)cccc3Cl)cc2)CCOCC1. The minimum absolute atomic E-state index is 0.0800. The minimum atomic E-state index is -4.67. The fourth-order valence-electron chi connectivity index (χ4n) is 4.16. The van der Waals surface area contributed by atoms with Crippen LogP contribution in [0, 0.1) is 5.82 Å².